The highest BCUT2D eigenvalue weighted by Gasteiger charge is 2.39. The van der Waals surface area contributed by atoms with Crippen LogP contribution in [0.4, 0.5) is 0 Å². The number of benzene rings is 1. The number of nitrogens with one attached hydrogen (secondary N) is 1. The first kappa shape index (κ1) is 17.7. The molecule has 124 valence electrons. The van der Waals surface area contributed by atoms with E-state index >= 15 is 0 Å². The molecule has 0 aromatic heterocycles. The van der Waals surface area contributed by atoms with Crippen molar-refractivity contribution in [2.45, 2.75) is 39.7 Å². The van der Waals surface area contributed by atoms with E-state index in [1.165, 1.54) is 0 Å². The fourth-order valence-corrected chi connectivity index (χ4v) is 3.13. The number of likely N-dealkylation sites (N-methyl/N-ethyl adjacent to an activating group) is 1. The molecule has 0 aliphatic carbocycles. The summed E-state index contributed by atoms with van der Waals surface area (Å²) in [4.78, 5) is 26.4. The Labute approximate surface area is 146 Å². The van der Waals surface area contributed by atoms with Crippen LogP contribution in [0.1, 0.15) is 39.7 Å². The van der Waals surface area contributed by atoms with Gasteiger partial charge < -0.3 is 10.2 Å². The molecule has 23 heavy (non-hydrogen) atoms. The predicted molar refractivity (Wildman–Crippen MR) is 95.8 cm³/mol. The van der Waals surface area contributed by atoms with Crippen LogP contribution >= 0.6 is 15.9 Å². The third-order valence-corrected chi connectivity index (χ3v) is 4.76. The van der Waals surface area contributed by atoms with E-state index in [-0.39, 0.29) is 11.8 Å². The number of rotatable bonds is 5. The van der Waals surface area contributed by atoms with Gasteiger partial charge in [-0.05, 0) is 44.0 Å². The molecule has 0 bridgehead atoms. The summed E-state index contributed by atoms with van der Waals surface area (Å²) in [6.07, 6.45) is 0.469. The largest absolute Gasteiger partial charge is 0.343 e. The van der Waals surface area contributed by atoms with Gasteiger partial charge in [-0.2, -0.15) is 0 Å². The summed E-state index contributed by atoms with van der Waals surface area (Å²) in [5.41, 5.74) is 2.07. The van der Waals surface area contributed by atoms with E-state index in [1.54, 1.807) is 4.90 Å². The number of halogens is 1. The van der Waals surface area contributed by atoms with E-state index in [0.717, 1.165) is 15.6 Å². The number of carbonyl (C=O) groups is 2. The lowest BCUT2D eigenvalue weighted by Gasteiger charge is -2.28. The molecule has 2 amide bonds. The van der Waals surface area contributed by atoms with Crippen LogP contribution in [-0.4, -0.2) is 35.3 Å². The second kappa shape index (κ2) is 6.87. The third-order valence-electron chi connectivity index (χ3n) is 4.23. The first-order valence-corrected chi connectivity index (χ1v) is 8.69. The van der Waals surface area contributed by atoms with Crippen molar-refractivity contribution in [3.05, 3.63) is 39.9 Å². The molecule has 1 aliphatic heterocycles. The molecule has 1 aromatic rings. The van der Waals surface area contributed by atoms with Gasteiger partial charge in [0.2, 0.25) is 5.91 Å². The molecule has 0 saturated carbocycles. The Hall–Kier alpha value is -1.62. The average Bonchev–Trinajstić information content (AvgIpc) is 2.73. The van der Waals surface area contributed by atoms with Crippen LogP contribution in [-0.2, 0) is 9.59 Å². The number of amides is 2. The summed E-state index contributed by atoms with van der Waals surface area (Å²) in [5, 5.41) is 3.03. The smallest absolute Gasteiger partial charge is 0.252 e. The summed E-state index contributed by atoms with van der Waals surface area (Å²) in [6.45, 7) is 8.89. The van der Waals surface area contributed by atoms with Gasteiger partial charge in [-0.3, -0.25) is 9.59 Å². The van der Waals surface area contributed by atoms with E-state index in [4.69, 9.17) is 0 Å². The first-order valence-electron chi connectivity index (χ1n) is 7.90. The van der Waals surface area contributed by atoms with Crippen LogP contribution in [0.2, 0.25) is 0 Å². The average molecular weight is 379 g/mol. The van der Waals surface area contributed by atoms with Gasteiger partial charge >= 0.3 is 0 Å². The lowest BCUT2D eigenvalue weighted by molar-refractivity contribution is -0.130. The second-order valence-electron chi connectivity index (χ2n) is 6.20. The Balaban J connectivity index is 2.48. The highest BCUT2D eigenvalue weighted by atomic mass is 79.9. The van der Waals surface area contributed by atoms with Gasteiger partial charge in [0.15, 0.2) is 0 Å². The molecule has 4 nitrogen and oxygen atoms in total. The molecular weight excluding hydrogens is 356 g/mol. The molecule has 2 rings (SSSR count). The lowest BCUT2D eigenvalue weighted by atomic mass is 9.90. The Morgan fingerprint density at radius 3 is 2.35 bits per heavy atom. The molecule has 1 N–H and O–H groups in total. The summed E-state index contributed by atoms with van der Waals surface area (Å²) in [7, 11) is 0. The molecule has 5 heteroatoms. The molecule has 0 spiro atoms. The van der Waals surface area contributed by atoms with Crippen molar-refractivity contribution in [3.63, 3.8) is 0 Å². The van der Waals surface area contributed by atoms with Crippen LogP contribution < -0.4 is 5.32 Å². The number of nitrogens with zero attached hydrogens (tertiary/aromatic N) is 1. The molecule has 0 radical (unpaired) electrons. The highest BCUT2D eigenvalue weighted by molar-refractivity contribution is 9.10. The molecule has 0 saturated heterocycles. The van der Waals surface area contributed by atoms with Crippen molar-refractivity contribution >= 4 is 33.3 Å². The van der Waals surface area contributed by atoms with E-state index < -0.39 is 5.54 Å². The SMILES string of the molecule is CCC(=O)N(CC)CC1=C(c2ccc(Br)cc2)C(=O)NC1(C)C. The van der Waals surface area contributed by atoms with Gasteiger partial charge in [0.05, 0.1) is 5.54 Å². The minimum absolute atomic E-state index is 0.0766. The molecule has 1 heterocycles. The topological polar surface area (TPSA) is 49.4 Å². The molecule has 0 unspecified atom stereocenters. The molecular formula is C18H23BrN2O2. The zero-order valence-electron chi connectivity index (χ0n) is 14.1. The maximum Gasteiger partial charge on any atom is 0.252 e. The van der Waals surface area contributed by atoms with Crippen molar-refractivity contribution in [1.29, 1.82) is 0 Å². The minimum atomic E-state index is -0.457. The van der Waals surface area contributed by atoms with Gasteiger partial charge in [-0.15, -0.1) is 0 Å². The Kier molecular flexibility index (Phi) is 5.30. The van der Waals surface area contributed by atoms with Crippen LogP contribution in [0.5, 0.6) is 0 Å². The quantitative estimate of drug-likeness (QED) is 0.853. The van der Waals surface area contributed by atoms with Gasteiger partial charge in [-0.25, -0.2) is 0 Å². The summed E-state index contributed by atoms with van der Waals surface area (Å²) >= 11 is 3.42. The standard InChI is InChI=1S/C18H23BrN2O2/c1-5-15(22)21(6-2)11-14-16(17(23)20-18(14,3)4)12-7-9-13(19)10-8-12/h7-10H,5-6,11H2,1-4H3,(H,20,23). The fourth-order valence-electron chi connectivity index (χ4n) is 2.86. The highest BCUT2D eigenvalue weighted by Crippen LogP contribution is 2.34. The lowest BCUT2D eigenvalue weighted by Crippen LogP contribution is -2.42. The maximum absolute atomic E-state index is 12.5. The van der Waals surface area contributed by atoms with Crippen molar-refractivity contribution in [2.24, 2.45) is 0 Å². The molecule has 0 atom stereocenters. The fraction of sp³-hybridized carbons (Fsp3) is 0.444. The summed E-state index contributed by atoms with van der Waals surface area (Å²) in [5.74, 6) is 0.0256. The molecule has 1 aliphatic rings. The zero-order chi connectivity index (χ0) is 17.2. The van der Waals surface area contributed by atoms with Crippen molar-refractivity contribution in [1.82, 2.24) is 10.2 Å². The first-order chi connectivity index (χ1) is 10.8. The van der Waals surface area contributed by atoms with E-state index in [9.17, 15) is 9.59 Å². The monoisotopic (exact) mass is 378 g/mol. The summed E-state index contributed by atoms with van der Waals surface area (Å²) in [6, 6.07) is 7.71. The second-order valence-corrected chi connectivity index (χ2v) is 7.12. The Morgan fingerprint density at radius 1 is 1.22 bits per heavy atom. The van der Waals surface area contributed by atoms with Crippen LogP contribution in [0.3, 0.4) is 0 Å². The van der Waals surface area contributed by atoms with Gasteiger partial charge in [0, 0.05) is 29.6 Å². The molecule has 1 aromatic carbocycles. The predicted octanol–water partition coefficient (Wildman–Crippen LogP) is 3.37. The summed E-state index contributed by atoms with van der Waals surface area (Å²) < 4.78 is 0.970. The van der Waals surface area contributed by atoms with Crippen molar-refractivity contribution in [3.8, 4) is 0 Å². The Bertz CT molecular complexity index is 647. The third kappa shape index (κ3) is 3.66. The maximum atomic E-state index is 12.5. The van der Waals surface area contributed by atoms with E-state index in [2.05, 4.69) is 21.2 Å². The van der Waals surface area contributed by atoms with Crippen LogP contribution in [0.15, 0.2) is 34.3 Å². The van der Waals surface area contributed by atoms with Gasteiger partial charge in [0.25, 0.3) is 5.91 Å². The van der Waals surface area contributed by atoms with Crippen LogP contribution in [0.25, 0.3) is 5.57 Å². The van der Waals surface area contributed by atoms with Gasteiger partial charge in [0.1, 0.15) is 0 Å². The van der Waals surface area contributed by atoms with E-state index in [1.807, 2.05) is 52.0 Å². The number of hydrogen-bond acceptors (Lipinski definition) is 2. The van der Waals surface area contributed by atoms with Crippen LogP contribution in [0, 0.1) is 0 Å². The number of carbonyl (C=O) groups excluding carboxylic acids is 2. The van der Waals surface area contributed by atoms with Crippen molar-refractivity contribution in [2.75, 3.05) is 13.1 Å². The Morgan fingerprint density at radius 2 is 1.83 bits per heavy atom. The minimum Gasteiger partial charge on any atom is -0.343 e. The normalized spacial score (nSPS) is 16.5. The molecule has 0 fully saturated rings. The zero-order valence-corrected chi connectivity index (χ0v) is 15.7. The van der Waals surface area contributed by atoms with Gasteiger partial charge in [-0.1, -0.05) is 35.0 Å². The number of hydrogen-bond donors (Lipinski definition) is 1. The van der Waals surface area contributed by atoms with E-state index in [0.29, 0.717) is 25.1 Å². The van der Waals surface area contributed by atoms with Crippen molar-refractivity contribution < 1.29 is 9.59 Å².